The number of ether oxygens (including phenoxy) is 1. The van der Waals surface area contributed by atoms with Crippen molar-refractivity contribution in [2.75, 3.05) is 19.8 Å². The van der Waals surface area contributed by atoms with E-state index >= 15 is 0 Å². The highest BCUT2D eigenvalue weighted by atomic mass is 19.1. The van der Waals surface area contributed by atoms with Crippen molar-refractivity contribution < 1.29 is 19.3 Å². The predicted octanol–water partition coefficient (Wildman–Crippen LogP) is 2.86. The number of hydrogen-bond acceptors (Lipinski definition) is 4. The Morgan fingerprint density at radius 3 is 2.52 bits per heavy atom. The van der Waals surface area contributed by atoms with Gasteiger partial charge in [-0.2, -0.15) is 0 Å². The van der Waals surface area contributed by atoms with Crippen molar-refractivity contribution in [3.8, 4) is 5.75 Å². The standard InChI is InChI=1S/C21H25FN2O3/c1-15(16-2-5-18(22)6-3-16)27-20-7-4-17-8-10-24(21(17)12-20)11-9-23-19(13-25)14-26/h2-8,10,12,15,19,23,25-26H,9,11,13-14H2,1H3. The molecule has 1 aromatic heterocycles. The van der Waals surface area contributed by atoms with Gasteiger partial charge >= 0.3 is 0 Å². The lowest BCUT2D eigenvalue weighted by atomic mass is 10.1. The fraction of sp³-hybridized carbons (Fsp3) is 0.333. The lowest BCUT2D eigenvalue weighted by molar-refractivity contribution is 0.170. The van der Waals surface area contributed by atoms with Gasteiger partial charge < -0.3 is 24.8 Å². The third kappa shape index (κ3) is 4.86. The fourth-order valence-corrected chi connectivity index (χ4v) is 3.01. The molecule has 0 fully saturated rings. The molecular weight excluding hydrogens is 347 g/mol. The second kappa shape index (κ2) is 8.99. The SMILES string of the molecule is CC(Oc1ccc2ccn(CCNC(CO)CO)c2c1)c1ccc(F)cc1. The zero-order chi connectivity index (χ0) is 19.2. The summed E-state index contributed by atoms with van der Waals surface area (Å²) in [4.78, 5) is 0. The molecule has 3 N–H and O–H groups in total. The highest BCUT2D eigenvalue weighted by Crippen LogP contribution is 2.26. The van der Waals surface area contributed by atoms with Crippen molar-refractivity contribution in [1.29, 1.82) is 0 Å². The number of aliphatic hydroxyl groups excluding tert-OH is 2. The van der Waals surface area contributed by atoms with Crippen LogP contribution in [0.2, 0.25) is 0 Å². The summed E-state index contributed by atoms with van der Waals surface area (Å²) in [5.74, 6) is 0.485. The Morgan fingerprint density at radius 1 is 1.07 bits per heavy atom. The van der Waals surface area contributed by atoms with Crippen LogP contribution in [0.3, 0.4) is 0 Å². The molecular formula is C21H25FN2O3. The van der Waals surface area contributed by atoms with Crippen molar-refractivity contribution in [2.45, 2.75) is 25.6 Å². The Bertz CT molecular complexity index is 859. The smallest absolute Gasteiger partial charge is 0.123 e. The van der Waals surface area contributed by atoms with Gasteiger partial charge in [0, 0.05) is 25.4 Å². The predicted molar refractivity (Wildman–Crippen MR) is 103 cm³/mol. The molecule has 0 aliphatic rings. The molecule has 5 nitrogen and oxygen atoms in total. The Kier molecular flexibility index (Phi) is 6.45. The van der Waals surface area contributed by atoms with Crippen molar-refractivity contribution in [3.05, 3.63) is 66.1 Å². The van der Waals surface area contributed by atoms with Crippen molar-refractivity contribution in [1.82, 2.24) is 9.88 Å². The first kappa shape index (κ1) is 19.4. The summed E-state index contributed by atoms with van der Waals surface area (Å²) in [6.45, 7) is 3.08. The Balaban J connectivity index is 1.69. The monoisotopic (exact) mass is 372 g/mol. The summed E-state index contributed by atoms with van der Waals surface area (Å²) in [5.41, 5.74) is 1.96. The summed E-state index contributed by atoms with van der Waals surface area (Å²) in [6, 6.07) is 14.0. The molecule has 3 rings (SSSR count). The van der Waals surface area contributed by atoms with Gasteiger partial charge in [0.25, 0.3) is 0 Å². The average molecular weight is 372 g/mol. The van der Waals surface area contributed by atoms with Gasteiger partial charge in [-0.3, -0.25) is 0 Å². The lowest BCUT2D eigenvalue weighted by Crippen LogP contribution is -2.37. The molecule has 1 atom stereocenters. The quantitative estimate of drug-likeness (QED) is 0.540. The minimum absolute atomic E-state index is 0.0951. The Labute approximate surface area is 158 Å². The van der Waals surface area contributed by atoms with Crippen LogP contribution in [-0.2, 0) is 6.54 Å². The van der Waals surface area contributed by atoms with Crippen LogP contribution in [0, 0.1) is 5.82 Å². The highest BCUT2D eigenvalue weighted by molar-refractivity contribution is 5.81. The van der Waals surface area contributed by atoms with Gasteiger partial charge in [0.15, 0.2) is 0 Å². The zero-order valence-corrected chi connectivity index (χ0v) is 15.3. The molecule has 1 heterocycles. The first-order chi connectivity index (χ1) is 13.1. The van der Waals surface area contributed by atoms with E-state index < -0.39 is 0 Å². The first-order valence-corrected chi connectivity index (χ1v) is 9.07. The van der Waals surface area contributed by atoms with E-state index in [1.165, 1.54) is 12.1 Å². The number of hydrogen-bond donors (Lipinski definition) is 3. The molecule has 1 unspecified atom stereocenters. The molecule has 144 valence electrons. The Morgan fingerprint density at radius 2 is 1.81 bits per heavy atom. The van der Waals surface area contributed by atoms with Crippen molar-refractivity contribution >= 4 is 10.9 Å². The number of fused-ring (bicyclic) bond motifs is 1. The number of benzene rings is 2. The normalized spacial score (nSPS) is 12.6. The molecule has 0 spiro atoms. The lowest BCUT2D eigenvalue weighted by Gasteiger charge is -2.16. The maximum atomic E-state index is 13.1. The average Bonchev–Trinajstić information content (AvgIpc) is 3.08. The molecule has 2 aromatic carbocycles. The van der Waals surface area contributed by atoms with E-state index in [0.29, 0.717) is 13.1 Å². The van der Waals surface area contributed by atoms with Crippen molar-refractivity contribution in [3.63, 3.8) is 0 Å². The maximum Gasteiger partial charge on any atom is 0.123 e. The summed E-state index contributed by atoms with van der Waals surface area (Å²) < 4.78 is 21.2. The second-order valence-electron chi connectivity index (χ2n) is 6.56. The van der Waals surface area contributed by atoms with E-state index in [1.807, 2.05) is 37.4 Å². The summed E-state index contributed by atoms with van der Waals surface area (Å²) >= 11 is 0. The third-order valence-electron chi connectivity index (χ3n) is 4.62. The minimum Gasteiger partial charge on any atom is -0.486 e. The van der Waals surface area contributed by atoms with Crippen LogP contribution in [0.1, 0.15) is 18.6 Å². The number of aromatic nitrogens is 1. The molecule has 27 heavy (non-hydrogen) atoms. The molecule has 0 amide bonds. The molecule has 0 aliphatic heterocycles. The molecule has 0 aliphatic carbocycles. The number of rotatable bonds is 9. The van der Waals surface area contributed by atoms with Crippen LogP contribution < -0.4 is 10.1 Å². The second-order valence-corrected chi connectivity index (χ2v) is 6.56. The molecule has 6 heteroatoms. The zero-order valence-electron chi connectivity index (χ0n) is 15.3. The largest absolute Gasteiger partial charge is 0.486 e. The van der Waals surface area contributed by atoms with Crippen LogP contribution in [0.4, 0.5) is 4.39 Å². The van der Waals surface area contributed by atoms with Gasteiger partial charge in [-0.15, -0.1) is 0 Å². The van der Waals surface area contributed by atoms with Crippen molar-refractivity contribution in [2.24, 2.45) is 0 Å². The highest BCUT2D eigenvalue weighted by Gasteiger charge is 2.10. The summed E-state index contributed by atoms with van der Waals surface area (Å²) in [7, 11) is 0. The van der Waals surface area contributed by atoms with E-state index in [2.05, 4.69) is 9.88 Å². The van der Waals surface area contributed by atoms with Gasteiger partial charge in [-0.1, -0.05) is 12.1 Å². The first-order valence-electron chi connectivity index (χ1n) is 9.07. The van der Waals surface area contributed by atoms with Gasteiger partial charge in [0.1, 0.15) is 17.7 Å². The Hall–Kier alpha value is -2.41. The van der Waals surface area contributed by atoms with Crippen LogP contribution >= 0.6 is 0 Å². The summed E-state index contributed by atoms with van der Waals surface area (Å²) in [5, 5.41) is 22.5. The minimum atomic E-state index is -0.303. The molecule has 0 saturated carbocycles. The van der Waals surface area contributed by atoms with E-state index in [1.54, 1.807) is 12.1 Å². The van der Waals surface area contributed by atoms with Crippen LogP contribution in [0.5, 0.6) is 5.75 Å². The van der Waals surface area contributed by atoms with Gasteiger partial charge in [-0.05, 0) is 48.2 Å². The number of nitrogens with zero attached hydrogens (tertiary/aromatic N) is 1. The number of aliphatic hydroxyl groups is 2. The topological polar surface area (TPSA) is 66.7 Å². The van der Waals surface area contributed by atoms with E-state index in [9.17, 15) is 4.39 Å². The van der Waals surface area contributed by atoms with Crippen LogP contribution in [0.15, 0.2) is 54.7 Å². The van der Waals surface area contributed by atoms with E-state index in [0.717, 1.165) is 22.2 Å². The fourth-order valence-electron chi connectivity index (χ4n) is 3.01. The molecule has 0 radical (unpaired) electrons. The maximum absolute atomic E-state index is 13.1. The van der Waals surface area contributed by atoms with E-state index in [4.69, 9.17) is 14.9 Å². The van der Waals surface area contributed by atoms with Gasteiger partial charge in [-0.25, -0.2) is 4.39 Å². The third-order valence-corrected chi connectivity index (χ3v) is 4.62. The van der Waals surface area contributed by atoms with E-state index in [-0.39, 0.29) is 31.2 Å². The molecule has 0 bridgehead atoms. The molecule has 3 aromatic rings. The van der Waals surface area contributed by atoms with Crippen LogP contribution in [-0.4, -0.2) is 40.6 Å². The van der Waals surface area contributed by atoms with Crippen LogP contribution in [0.25, 0.3) is 10.9 Å². The number of nitrogens with one attached hydrogen (secondary N) is 1. The summed E-state index contributed by atoms with van der Waals surface area (Å²) in [6.07, 6.45) is 1.81. The van der Waals surface area contributed by atoms with Gasteiger partial charge in [0.05, 0.1) is 24.8 Å². The number of halogens is 1. The van der Waals surface area contributed by atoms with Gasteiger partial charge in [0.2, 0.25) is 0 Å². The molecule has 0 saturated heterocycles.